The van der Waals surface area contributed by atoms with Gasteiger partial charge in [-0.3, -0.25) is 4.79 Å². The molecule has 1 saturated carbocycles. The second-order valence-electron chi connectivity index (χ2n) is 4.28. The summed E-state index contributed by atoms with van der Waals surface area (Å²) in [6.07, 6.45) is 1.93. The fourth-order valence-corrected chi connectivity index (χ4v) is 1.55. The summed E-state index contributed by atoms with van der Waals surface area (Å²) >= 11 is 0. The number of nitrogens with two attached hydrogens (primary N) is 1. The highest BCUT2D eigenvalue weighted by molar-refractivity contribution is 6.00. The highest BCUT2D eigenvalue weighted by Gasteiger charge is 2.29. The van der Waals surface area contributed by atoms with Gasteiger partial charge in [0, 0.05) is 17.2 Å². The average molecular weight is 233 g/mol. The predicted octanol–water partition coefficient (Wildman–Crippen LogP) is 1.44. The van der Waals surface area contributed by atoms with Crippen molar-refractivity contribution in [1.29, 1.82) is 0 Å². The fourth-order valence-electron chi connectivity index (χ4n) is 1.55. The van der Waals surface area contributed by atoms with Crippen LogP contribution in [-0.4, -0.2) is 17.0 Å². The number of nitrogens with zero attached hydrogens (tertiary/aromatic N) is 1. The van der Waals surface area contributed by atoms with E-state index in [1.807, 2.05) is 13.0 Å². The fraction of sp³-hybridized carbons (Fsp3) is 0.333. The number of anilines is 1. The molecule has 17 heavy (non-hydrogen) atoms. The highest BCUT2D eigenvalue weighted by Crippen LogP contribution is 2.30. The number of aryl methyl sites for hydroxylation is 1. The molecule has 1 aliphatic carbocycles. The molecule has 5 nitrogen and oxygen atoms in total. The lowest BCUT2D eigenvalue weighted by Crippen LogP contribution is -2.17. The summed E-state index contributed by atoms with van der Waals surface area (Å²) in [5.41, 5.74) is 7.76. The Hall–Kier alpha value is -2.04. The Morgan fingerprint density at radius 3 is 2.82 bits per heavy atom. The third kappa shape index (κ3) is 2.55. The molecule has 90 valence electrons. The molecule has 1 amide bonds. The molecule has 4 N–H and O–H groups in total. The van der Waals surface area contributed by atoms with E-state index in [1.54, 1.807) is 12.1 Å². The molecule has 1 aliphatic rings. The number of carbonyl (C=O) groups excluding carboxylic acids is 1. The topological polar surface area (TPSA) is 87.7 Å². The Labute approximate surface area is 99.3 Å². The van der Waals surface area contributed by atoms with E-state index in [-0.39, 0.29) is 17.7 Å². The van der Waals surface area contributed by atoms with Crippen molar-refractivity contribution >= 4 is 17.4 Å². The summed E-state index contributed by atoms with van der Waals surface area (Å²) in [6.45, 7) is 1.90. The first-order valence-corrected chi connectivity index (χ1v) is 5.51. The minimum Gasteiger partial charge on any atom is -0.409 e. The van der Waals surface area contributed by atoms with Gasteiger partial charge in [-0.2, -0.15) is 0 Å². The first kappa shape index (κ1) is 11.4. The van der Waals surface area contributed by atoms with E-state index < -0.39 is 0 Å². The second kappa shape index (κ2) is 4.45. The molecule has 0 saturated heterocycles. The molecular formula is C12H15N3O2. The van der Waals surface area contributed by atoms with Crippen LogP contribution in [0.4, 0.5) is 5.69 Å². The number of nitrogens with one attached hydrogen (secondary N) is 1. The maximum absolute atomic E-state index is 11.7. The average Bonchev–Trinajstić information content (AvgIpc) is 3.14. The molecule has 0 spiro atoms. The maximum Gasteiger partial charge on any atom is 0.227 e. The zero-order valence-corrected chi connectivity index (χ0v) is 9.60. The zero-order valence-electron chi connectivity index (χ0n) is 9.60. The number of hydrogen-bond donors (Lipinski definition) is 3. The SMILES string of the molecule is Cc1ccc(C(N)=NO)cc1NC(=O)C1CC1. The molecule has 1 aromatic rings. The van der Waals surface area contributed by atoms with E-state index in [1.165, 1.54) is 0 Å². The van der Waals surface area contributed by atoms with Crippen molar-refractivity contribution in [3.05, 3.63) is 29.3 Å². The number of amidine groups is 1. The first-order valence-electron chi connectivity index (χ1n) is 5.51. The molecule has 0 aliphatic heterocycles. The van der Waals surface area contributed by atoms with Crippen molar-refractivity contribution in [2.45, 2.75) is 19.8 Å². The summed E-state index contributed by atoms with van der Waals surface area (Å²) in [5, 5.41) is 14.4. The van der Waals surface area contributed by atoms with Crippen LogP contribution >= 0.6 is 0 Å². The van der Waals surface area contributed by atoms with Crippen LogP contribution in [0.2, 0.25) is 0 Å². The van der Waals surface area contributed by atoms with Crippen LogP contribution in [0.1, 0.15) is 24.0 Å². The first-order chi connectivity index (χ1) is 8.11. The smallest absolute Gasteiger partial charge is 0.227 e. The number of hydrogen-bond acceptors (Lipinski definition) is 3. The van der Waals surface area contributed by atoms with Crippen molar-refractivity contribution < 1.29 is 10.0 Å². The lowest BCUT2D eigenvalue weighted by molar-refractivity contribution is -0.117. The largest absolute Gasteiger partial charge is 0.409 e. The van der Waals surface area contributed by atoms with Crippen LogP contribution in [-0.2, 0) is 4.79 Å². The Morgan fingerprint density at radius 1 is 1.53 bits per heavy atom. The van der Waals surface area contributed by atoms with E-state index in [4.69, 9.17) is 10.9 Å². The molecule has 0 bridgehead atoms. The van der Waals surface area contributed by atoms with E-state index in [0.29, 0.717) is 11.3 Å². The van der Waals surface area contributed by atoms with Crippen molar-refractivity contribution in [1.82, 2.24) is 0 Å². The van der Waals surface area contributed by atoms with Gasteiger partial charge in [0.05, 0.1) is 0 Å². The van der Waals surface area contributed by atoms with Gasteiger partial charge in [-0.1, -0.05) is 17.3 Å². The summed E-state index contributed by atoms with van der Waals surface area (Å²) in [5.74, 6) is 0.235. The van der Waals surface area contributed by atoms with Crippen molar-refractivity contribution in [3.63, 3.8) is 0 Å². The summed E-state index contributed by atoms with van der Waals surface area (Å²) in [6, 6.07) is 5.29. The Morgan fingerprint density at radius 2 is 2.24 bits per heavy atom. The van der Waals surface area contributed by atoms with Gasteiger partial charge in [-0.15, -0.1) is 0 Å². The highest BCUT2D eigenvalue weighted by atomic mass is 16.4. The van der Waals surface area contributed by atoms with E-state index in [0.717, 1.165) is 18.4 Å². The Bertz CT molecular complexity index is 479. The number of oxime groups is 1. The standard InChI is InChI=1S/C12H15N3O2/c1-7-2-3-9(11(13)15-17)6-10(7)14-12(16)8-4-5-8/h2-3,6,8,17H,4-5H2,1H3,(H2,13,15)(H,14,16). The maximum atomic E-state index is 11.7. The van der Waals surface area contributed by atoms with Crippen molar-refractivity contribution in [2.24, 2.45) is 16.8 Å². The Balaban J connectivity index is 2.22. The normalized spacial score (nSPS) is 15.7. The van der Waals surface area contributed by atoms with Crippen LogP contribution < -0.4 is 11.1 Å². The molecule has 0 radical (unpaired) electrons. The van der Waals surface area contributed by atoms with Crippen molar-refractivity contribution in [3.8, 4) is 0 Å². The van der Waals surface area contributed by atoms with E-state index in [2.05, 4.69) is 10.5 Å². The number of benzene rings is 1. The summed E-state index contributed by atoms with van der Waals surface area (Å²) in [7, 11) is 0. The minimum absolute atomic E-state index is 0.0342. The van der Waals surface area contributed by atoms with Crippen LogP contribution in [0.3, 0.4) is 0 Å². The van der Waals surface area contributed by atoms with Crippen LogP contribution in [0.15, 0.2) is 23.4 Å². The number of amides is 1. The quantitative estimate of drug-likeness (QED) is 0.319. The molecule has 1 aromatic carbocycles. The third-order valence-electron chi connectivity index (χ3n) is 2.85. The lowest BCUT2D eigenvalue weighted by atomic mass is 10.1. The lowest BCUT2D eigenvalue weighted by Gasteiger charge is -2.09. The molecule has 0 atom stereocenters. The molecule has 5 heteroatoms. The van der Waals surface area contributed by atoms with Gasteiger partial charge in [0.1, 0.15) is 0 Å². The number of carbonyl (C=O) groups is 1. The molecule has 0 unspecified atom stereocenters. The monoisotopic (exact) mass is 233 g/mol. The number of rotatable bonds is 3. The van der Waals surface area contributed by atoms with Gasteiger partial charge >= 0.3 is 0 Å². The van der Waals surface area contributed by atoms with E-state index in [9.17, 15) is 4.79 Å². The zero-order chi connectivity index (χ0) is 12.4. The van der Waals surface area contributed by atoms with E-state index >= 15 is 0 Å². The predicted molar refractivity (Wildman–Crippen MR) is 65.0 cm³/mol. The summed E-state index contributed by atoms with van der Waals surface area (Å²) in [4.78, 5) is 11.7. The van der Waals surface area contributed by atoms with Gasteiger partial charge in [0.2, 0.25) is 5.91 Å². The molecular weight excluding hydrogens is 218 g/mol. The van der Waals surface area contributed by atoms with Gasteiger partial charge in [0.15, 0.2) is 5.84 Å². The third-order valence-corrected chi connectivity index (χ3v) is 2.85. The molecule has 0 aromatic heterocycles. The van der Waals surface area contributed by atoms with Crippen LogP contribution in [0.25, 0.3) is 0 Å². The molecule has 1 fully saturated rings. The van der Waals surface area contributed by atoms with Gasteiger partial charge in [0.25, 0.3) is 0 Å². The van der Waals surface area contributed by atoms with Gasteiger partial charge in [-0.25, -0.2) is 0 Å². The van der Waals surface area contributed by atoms with Crippen LogP contribution in [0, 0.1) is 12.8 Å². The van der Waals surface area contributed by atoms with Gasteiger partial charge in [-0.05, 0) is 31.4 Å². The Kier molecular flexibility index (Phi) is 2.99. The molecule has 0 heterocycles. The molecule has 2 rings (SSSR count). The van der Waals surface area contributed by atoms with Crippen LogP contribution in [0.5, 0.6) is 0 Å². The van der Waals surface area contributed by atoms with Crippen molar-refractivity contribution in [2.75, 3.05) is 5.32 Å². The second-order valence-corrected chi connectivity index (χ2v) is 4.28. The van der Waals surface area contributed by atoms with Gasteiger partial charge < -0.3 is 16.3 Å². The summed E-state index contributed by atoms with van der Waals surface area (Å²) < 4.78 is 0. The minimum atomic E-state index is 0.0342.